The maximum absolute atomic E-state index is 6.35. The number of nitrogens with one attached hydrogen (secondary N) is 1. The number of para-hydroxylation sites is 1. The zero-order valence-electron chi connectivity index (χ0n) is 20.0. The Hall–Kier alpha value is -3.10. The molecule has 0 aliphatic heterocycles. The molecule has 1 aromatic heterocycles. The number of halogens is 2. The molecule has 0 saturated carbocycles. The standard InChI is InChI=1S/C28H25Cl2N5OS/c29-22-13-11-21(26(30)17-22)19-36-27-14-12-20-7-4-5-10-24(20)25(27)18-31-15-6-16-37-28-32-33-34-35(28)23-8-2-1-3-9-23/h1-5,7-14,17,31H,6,15-16,18-19H2. The molecule has 1 heterocycles. The highest BCUT2D eigenvalue weighted by atomic mass is 35.5. The second-order valence-electron chi connectivity index (χ2n) is 8.38. The molecule has 6 nitrogen and oxygen atoms in total. The molecule has 1 N–H and O–H groups in total. The molecule has 0 amide bonds. The van der Waals surface area contributed by atoms with E-state index in [0.29, 0.717) is 23.2 Å². The lowest BCUT2D eigenvalue weighted by Crippen LogP contribution is -2.16. The van der Waals surface area contributed by atoms with Crippen LogP contribution in [0.25, 0.3) is 16.5 Å². The molecule has 0 aliphatic carbocycles. The molecule has 0 fully saturated rings. The summed E-state index contributed by atoms with van der Waals surface area (Å²) in [4.78, 5) is 0. The van der Waals surface area contributed by atoms with Crippen LogP contribution in [-0.4, -0.2) is 32.5 Å². The molecule has 0 unspecified atom stereocenters. The lowest BCUT2D eigenvalue weighted by Gasteiger charge is -2.16. The van der Waals surface area contributed by atoms with Crippen molar-refractivity contribution in [2.24, 2.45) is 0 Å². The quantitative estimate of drug-likeness (QED) is 0.142. The summed E-state index contributed by atoms with van der Waals surface area (Å²) in [6.45, 7) is 1.91. The summed E-state index contributed by atoms with van der Waals surface area (Å²) in [5.74, 6) is 1.74. The molecule has 0 radical (unpaired) electrons. The van der Waals surface area contributed by atoms with Crippen LogP contribution >= 0.6 is 35.0 Å². The maximum atomic E-state index is 6.35. The molecule has 5 rings (SSSR count). The van der Waals surface area contributed by atoms with Gasteiger partial charge in [-0.2, -0.15) is 4.68 Å². The number of hydrogen-bond donors (Lipinski definition) is 1. The highest BCUT2D eigenvalue weighted by Crippen LogP contribution is 2.30. The van der Waals surface area contributed by atoms with Gasteiger partial charge in [-0.3, -0.25) is 0 Å². The van der Waals surface area contributed by atoms with Crippen molar-refractivity contribution in [3.05, 3.63) is 106 Å². The number of nitrogens with zero attached hydrogens (tertiary/aromatic N) is 4. The van der Waals surface area contributed by atoms with Crippen molar-refractivity contribution >= 4 is 45.7 Å². The van der Waals surface area contributed by atoms with E-state index in [-0.39, 0.29) is 0 Å². The zero-order chi connectivity index (χ0) is 25.5. The van der Waals surface area contributed by atoms with Crippen LogP contribution in [0.3, 0.4) is 0 Å². The van der Waals surface area contributed by atoms with Gasteiger partial charge in [0.05, 0.1) is 5.69 Å². The molecule has 5 aromatic rings. The molecule has 0 bridgehead atoms. The van der Waals surface area contributed by atoms with E-state index in [2.05, 4.69) is 45.1 Å². The summed E-state index contributed by atoms with van der Waals surface area (Å²) < 4.78 is 8.01. The van der Waals surface area contributed by atoms with E-state index < -0.39 is 0 Å². The minimum atomic E-state index is 0.369. The number of benzene rings is 4. The SMILES string of the molecule is Clc1ccc(COc2ccc3ccccc3c2CNCCCSc2nnnn2-c2ccccc2)c(Cl)c1. The summed E-state index contributed by atoms with van der Waals surface area (Å²) in [5, 5.41) is 20.1. The molecular weight excluding hydrogens is 525 g/mol. The Balaban J connectivity index is 1.19. The van der Waals surface area contributed by atoms with Gasteiger partial charge in [-0.1, -0.05) is 89.6 Å². The summed E-state index contributed by atoms with van der Waals surface area (Å²) in [6.07, 6.45) is 0.966. The number of hydrogen-bond acceptors (Lipinski definition) is 6. The number of fused-ring (bicyclic) bond motifs is 1. The van der Waals surface area contributed by atoms with Crippen LogP contribution in [0.2, 0.25) is 10.0 Å². The van der Waals surface area contributed by atoms with E-state index in [4.69, 9.17) is 27.9 Å². The Morgan fingerprint density at radius 3 is 2.62 bits per heavy atom. The number of ether oxygens (including phenoxy) is 1. The van der Waals surface area contributed by atoms with Crippen molar-refractivity contribution in [3.63, 3.8) is 0 Å². The monoisotopic (exact) mass is 549 g/mol. The molecule has 188 valence electrons. The van der Waals surface area contributed by atoms with Gasteiger partial charge in [0, 0.05) is 33.5 Å². The van der Waals surface area contributed by atoms with E-state index in [0.717, 1.165) is 46.4 Å². The molecule has 37 heavy (non-hydrogen) atoms. The molecule has 0 saturated heterocycles. The molecule has 0 atom stereocenters. The Bertz CT molecular complexity index is 1480. The first kappa shape index (κ1) is 25.5. The fourth-order valence-electron chi connectivity index (χ4n) is 4.00. The summed E-state index contributed by atoms with van der Waals surface area (Å²) in [7, 11) is 0. The molecule has 9 heteroatoms. The first-order valence-electron chi connectivity index (χ1n) is 11.9. The van der Waals surface area contributed by atoms with Gasteiger partial charge in [0.2, 0.25) is 5.16 Å². The Morgan fingerprint density at radius 2 is 1.76 bits per heavy atom. The fraction of sp³-hybridized carbons (Fsp3) is 0.179. The largest absolute Gasteiger partial charge is 0.488 e. The topological polar surface area (TPSA) is 64.9 Å². The van der Waals surface area contributed by atoms with E-state index in [1.807, 2.05) is 54.6 Å². The Labute approximate surface area is 229 Å². The number of rotatable bonds is 11. The van der Waals surface area contributed by atoms with Crippen molar-refractivity contribution in [2.75, 3.05) is 12.3 Å². The van der Waals surface area contributed by atoms with Crippen molar-refractivity contribution in [3.8, 4) is 11.4 Å². The van der Waals surface area contributed by atoms with E-state index in [1.165, 1.54) is 10.8 Å². The number of aromatic nitrogens is 4. The average Bonchev–Trinajstić information content (AvgIpc) is 3.39. The van der Waals surface area contributed by atoms with Crippen LogP contribution in [0.1, 0.15) is 17.5 Å². The predicted octanol–water partition coefficient (Wildman–Crippen LogP) is 6.97. The molecule has 4 aromatic carbocycles. The zero-order valence-corrected chi connectivity index (χ0v) is 22.3. The van der Waals surface area contributed by atoms with Gasteiger partial charge in [0.1, 0.15) is 12.4 Å². The van der Waals surface area contributed by atoms with Gasteiger partial charge in [-0.15, -0.1) is 5.10 Å². The van der Waals surface area contributed by atoms with E-state index in [9.17, 15) is 0 Å². The van der Waals surface area contributed by atoms with Gasteiger partial charge in [0.15, 0.2) is 0 Å². The van der Waals surface area contributed by atoms with Crippen LogP contribution in [-0.2, 0) is 13.2 Å². The summed E-state index contributed by atoms with van der Waals surface area (Å²) in [5.41, 5.74) is 2.98. The molecule has 0 aliphatic rings. The minimum Gasteiger partial charge on any atom is -0.488 e. The first-order valence-corrected chi connectivity index (χ1v) is 13.7. The van der Waals surface area contributed by atoms with Crippen LogP contribution in [0, 0.1) is 0 Å². The number of tetrazole rings is 1. The van der Waals surface area contributed by atoms with Crippen molar-refractivity contribution in [1.29, 1.82) is 0 Å². The normalized spacial score (nSPS) is 11.2. The highest BCUT2D eigenvalue weighted by molar-refractivity contribution is 7.99. The summed E-state index contributed by atoms with van der Waals surface area (Å²) >= 11 is 14.0. The van der Waals surface area contributed by atoms with Crippen LogP contribution in [0.5, 0.6) is 5.75 Å². The van der Waals surface area contributed by atoms with Crippen molar-refractivity contribution in [1.82, 2.24) is 25.5 Å². The smallest absolute Gasteiger partial charge is 0.214 e. The highest BCUT2D eigenvalue weighted by Gasteiger charge is 2.11. The van der Waals surface area contributed by atoms with Gasteiger partial charge in [-0.05, 0) is 64.5 Å². The third kappa shape index (κ3) is 6.43. The van der Waals surface area contributed by atoms with Crippen molar-refractivity contribution < 1.29 is 4.74 Å². The van der Waals surface area contributed by atoms with Crippen LogP contribution < -0.4 is 10.1 Å². The third-order valence-corrected chi connectivity index (χ3v) is 7.46. The second-order valence-corrected chi connectivity index (χ2v) is 10.3. The Morgan fingerprint density at radius 1 is 0.919 bits per heavy atom. The third-order valence-electron chi connectivity index (χ3n) is 5.87. The van der Waals surface area contributed by atoms with Crippen molar-refractivity contribution in [2.45, 2.75) is 24.7 Å². The van der Waals surface area contributed by atoms with E-state index >= 15 is 0 Å². The average molecular weight is 551 g/mol. The Kier molecular flexibility index (Phi) is 8.58. The first-order chi connectivity index (χ1) is 18.2. The predicted molar refractivity (Wildman–Crippen MR) is 151 cm³/mol. The van der Waals surface area contributed by atoms with E-state index in [1.54, 1.807) is 22.5 Å². The van der Waals surface area contributed by atoms with Crippen LogP contribution in [0.15, 0.2) is 90.1 Å². The molecular formula is C28H25Cl2N5OS. The lowest BCUT2D eigenvalue weighted by molar-refractivity contribution is 0.303. The fourth-order valence-corrected chi connectivity index (χ4v) is 5.29. The molecule has 0 spiro atoms. The second kappa shape index (κ2) is 12.4. The van der Waals surface area contributed by atoms with Gasteiger partial charge in [-0.25, -0.2) is 0 Å². The minimum absolute atomic E-state index is 0.369. The maximum Gasteiger partial charge on any atom is 0.214 e. The lowest BCUT2D eigenvalue weighted by atomic mass is 10.0. The summed E-state index contributed by atoms with van der Waals surface area (Å²) in [6, 6.07) is 27.9. The van der Waals surface area contributed by atoms with Crippen LogP contribution in [0.4, 0.5) is 0 Å². The van der Waals surface area contributed by atoms with Gasteiger partial charge < -0.3 is 10.1 Å². The number of thioether (sulfide) groups is 1. The van der Waals surface area contributed by atoms with Gasteiger partial charge in [0.25, 0.3) is 0 Å². The van der Waals surface area contributed by atoms with Gasteiger partial charge >= 0.3 is 0 Å².